The fraction of sp³-hybridized carbons (Fsp3) is 0.333. The minimum atomic E-state index is -1.01. The van der Waals surface area contributed by atoms with Gasteiger partial charge in [0.15, 0.2) is 0 Å². The molecule has 1 rings (SSSR count). The molecule has 0 unspecified atom stereocenters. The lowest BCUT2D eigenvalue weighted by molar-refractivity contribution is -0.141. The number of aliphatic carboxylic acids is 1. The fourth-order valence-corrected chi connectivity index (χ4v) is 1.83. The van der Waals surface area contributed by atoms with E-state index in [0.29, 0.717) is 6.42 Å². The van der Waals surface area contributed by atoms with E-state index in [9.17, 15) is 9.59 Å². The minimum Gasteiger partial charge on any atom is -0.480 e. The standard InChI is InChI=1S/C9H11NO3S/c1-6(11)10-8(9(12)13)5-7-3-2-4-14-7/h2-4,8H,5H2,1H3,(H,10,11)(H,12,13)/t8-/m1/s1. The zero-order valence-electron chi connectivity index (χ0n) is 7.69. The number of amides is 1. The highest BCUT2D eigenvalue weighted by Gasteiger charge is 2.18. The van der Waals surface area contributed by atoms with Gasteiger partial charge in [0.05, 0.1) is 0 Å². The van der Waals surface area contributed by atoms with E-state index in [1.807, 2.05) is 17.5 Å². The molecule has 0 saturated carbocycles. The largest absolute Gasteiger partial charge is 0.480 e. The maximum atomic E-state index is 10.8. The molecule has 0 aliphatic heterocycles. The molecule has 14 heavy (non-hydrogen) atoms. The lowest BCUT2D eigenvalue weighted by atomic mass is 10.2. The highest BCUT2D eigenvalue weighted by atomic mass is 32.1. The van der Waals surface area contributed by atoms with Gasteiger partial charge >= 0.3 is 5.97 Å². The third kappa shape index (κ3) is 3.18. The van der Waals surface area contributed by atoms with Crippen LogP contribution in [0.1, 0.15) is 11.8 Å². The Morgan fingerprint density at radius 2 is 2.36 bits per heavy atom. The van der Waals surface area contributed by atoms with Crippen molar-refractivity contribution in [1.29, 1.82) is 0 Å². The predicted octanol–water partition coefficient (Wildman–Crippen LogP) is 0.880. The Balaban J connectivity index is 2.60. The monoisotopic (exact) mass is 213 g/mol. The molecule has 1 atom stereocenters. The van der Waals surface area contributed by atoms with Crippen molar-refractivity contribution in [3.05, 3.63) is 22.4 Å². The van der Waals surface area contributed by atoms with Crippen LogP contribution in [0.15, 0.2) is 17.5 Å². The van der Waals surface area contributed by atoms with E-state index in [0.717, 1.165) is 4.88 Å². The molecule has 5 heteroatoms. The van der Waals surface area contributed by atoms with Gasteiger partial charge in [0.25, 0.3) is 0 Å². The van der Waals surface area contributed by atoms with Crippen LogP contribution in [0.3, 0.4) is 0 Å². The van der Waals surface area contributed by atoms with Crippen LogP contribution in [0.4, 0.5) is 0 Å². The quantitative estimate of drug-likeness (QED) is 0.780. The number of nitrogens with one attached hydrogen (secondary N) is 1. The Kier molecular flexibility index (Phi) is 3.64. The summed E-state index contributed by atoms with van der Waals surface area (Å²) in [4.78, 5) is 22.4. The van der Waals surface area contributed by atoms with E-state index in [-0.39, 0.29) is 5.91 Å². The minimum absolute atomic E-state index is 0.325. The highest BCUT2D eigenvalue weighted by Crippen LogP contribution is 2.11. The first kappa shape index (κ1) is 10.7. The number of carboxylic acids is 1. The molecule has 4 nitrogen and oxygen atoms in total. The second-order valence-electron chi connectivity index (χ2n) is 2.87. The number of rotatable bonds is 4. The van der Waals surface area contributed by atoms with E-state index >= 15 is 0 Å². The first-order valence-electron chi connectivity index (χ1n) is 4.12. The second-order valence-corrected chi connectivity index (χ2v) is 3.91. The number of hydrogen-bond acceptors (Lipinski definition) is 3. The number of carboxylic acid groups (broad SMARTS) is 1. The van der Waals surface area contributed by atoms with E-state index in [1.54, 1.807) is 0 Å². The van der Waals surface area contributed by atoms with Crippen LogP contribution in [-0.4, -0.2) is 23.0 Å². The third-order valence-electron chi connectivity index (χ3n) is 1.66. The molecule has 0 fully saturated rings. The Bertz CT molecular complexity index is 321. The maximum absolute atomic E-state index is 10.8. The van der Waals surface area contributed by atoms with Crippen molar-refractivity contribution in [3.63, 3.8) is 0 Å². The summed E-state index contributed by atoms with van der Waals surface area (Å²) in [6, 6.07) is 2.88. The second kappa shape index (κ2) is 4.76. The van der Waals surface area contributed by atoms with Crippen molar-refractivity contribution in [2.45, 2.75) is 19.4 Å². The molecule has 1 aromatic rings. The van der Waals surface area contributed by atoms with Crippen LogP contribution in [-0.2, 0) is 16.0 Å². The van der Waals surface area contributed by atoms with Gasteiger partial charge in [-0.05, 0) is 11.4 Å². The highest BCUT2D eigenvalue weighted by molar-refractivity contribution is 7.09. The van der Waals surface area contributed by atoms with Gasteiger partial charge in [0.1, 0.15) is 6.04 Å². The van der Waals surface area contributed by atoms with Gasteiger partial charge < -0.3 is 10.4 Å². The molecule has 0 bridgehead atoms. The average Bonchev–Trinajstić information content (AvgIpc) is 2.54. The summed E-state index contributed by atoms with van der Waals surface area (Å²) in [7, 11) is 0. The van der Waals surface area contributed by atoms with Gasteiger partial charge in [-0.2, -0.15) is 0 Å². The van der Waals surface area contributed by atoms with Crippen LogP contribution in [0.2, 0.25) is 0 Å². The maximum Gasteiger partial charge on any atom is 0.326 e. The van der Waals surface area contributed by atoms with Crippen LogP contribution in [0, 0.1) is 0 Å². The summed E-state index contributed by atoms with van der Waals surface area (Å²) in [6.07, 6.45) is 0.340. The summed E-state index contributed by atoms with van der Waals surface area (Å²) in [6.45, 7) is 1.31. The van der Waals surface area contributed by atoms with Crippen LogP contribution in [0.5, 0.6) is 0 Å². The van der Waals surface area contributed by atoms with Crippen LogP contribution in [0.25, 0.3) is 0 Å². The van der Waals surface area contributed by atoms with Gasteiger partial charge in [0.2, 0.25) is 5.91 Å². The molecule has 2 N–H and O–H groups in total. The molecule has 0 radical (unpaired) electrons. The molecule has 1 heterocycles. The van der Waals surface area contributed by atoms with Crippen molar-refractivity contribution in [2.24, 2.45) is 0 Å². The molecule has 1 amide bonds. The summed E-state index contributed by atoms with van der Waals surface area (Å²) in [5.41, 5.74) is 0. The molecule has 0 aliphatic rings. The molecule has 76 valence electrons. The molecule has 0 spiro atoms. The van der Waals surface area contributed by atoms with Gasteiger partial charge in [-0.3, -0.25) is 4.79 Å². The van der Waals surface area contributed by atoms with Crippen LogP contribution >= 0.6 is 11.3 Å². The van der Waals surface area contributed by atoms with Gasteiger partial charge in [0, 0.05) is 18.2 Å². The molecule has 0 aliphatic carbocycles. The SMILES string of the molecule is CC(=O)N[C@H](Cc1cccs1)C(=O)O. The Morgan fingerprint density at radius 1 is 1.64 bits per heavy atom. The van der Waals surface area contributed by atoms with Crippen molar-refractivity contribution >= 4 is 23.2 Å². The van der Waals surface area contributed by atoms with E-state index in [4.69, 9.17) is 5.11 Å². The predicted molar refractivity (Wildman–Crippen MR) is 53.3 cm³/mol. The summed E-state index contributed by atoms with van der Waals surface area (Å²) in [5.74, 6) is -1.33. The van der Waals surface area contributed by atoms with Gasteiger partial charge in [-0.15, -0.1) is 11.3 Å². The van der Waals surface area contributed by atoms with Crippen molar-refractivity contribution in [3.8, 4) is 0 Å². The van der Waals surface area contributed by atoms with E-state index in [2.05, 4.69) is 5.32 Å². The first-order valence-corrected chi connectivity index (χ1v) is 5.00. The lowest BCUT2D eigenvalue weighted by Crippen LogP contribution is -2.40. The van der Waals surface area contributed by atoms with Crippen molar-refractivity contribution in [1.82, 2.24) is 5.32 Å². The molecular formula is C9H11NO3S. The number of hydrogen-bond donors (Lipinski definition) is 2. The number of carbonyl (C=O) groups is 2. The van der Waals surface area contributed by atoms with E-state index in [1.165, 1.54) is 18.3 Å². The first-order chi connectivity index (χ1) is 6.59. The Labute approximate surface area is 85.6 Å². The average molecular weight is 213 g/mol. The van der Waals surface area contributed by atoms with Crippen LogP contribution < -0.4 is 5.32 Å². The zero-order chi connectivity index (χ0) is 10.6. The Hall–Kier alpha value is -1.36. The molecule has 1 aromatic heterocycles. The summed E-state index contributed by atoms with van der Waals surface area (Å²) < 4.78 is 0. The summed E-state index contributed by atoms with van der Waals surface area (Å²) in [5, 5.41) is 13.1. The number of carbonyl (C=O) groups excluding carboxylic acids is 1. The van der Waals surface area contributed by atoms with Gasteiger partial charge in [-0.25, -0.2) is 4.79 Å². The molecule has 0 saturated heterocycles. The van der Waals surface area contributed by atoms with Crippen molar-refractivity contribution < 1.29 is 14.7 Å². The zero-order valence-corrected chi connectivity index (χ0v) is 8.50. The van der Waals surface area contributed by atoms with Crippen molar-refractivity contribution in [2.75, 3.05) is 0 Å². The topological polar surface area (TPSA) is 66.4 Å². The van der Waals surface area contributed by atoms with E-state index < -0.39 is 12.0 Å². The van der Waals surface area contributed by atoms with Gasteiger partial charge in [-0.1, -0.05) is 6.07 Å². The summed E-state index contributed by atoms with van der Waals surface area (Å²) >= 11 is 1.48. The molecular weight excluding hydrogens is 202 g/mol. The smallest absolute Gasteiger partial charge is 0.326 e. The fourth-order valence-electron chi connectivity index (χ4n) is 1.08. The Morgan fingerprint density at radius 3 is 2.79 bits per heavy atom. The third-order valence-corrected chi connectivity index (χ3v) is 2.56. The number of thiophene rings is 1. The molecule has 0 aromatic carbocycles. The normalized spacial score (nSPS) is 12.1. The lowest BCUT2D eigenvalue weighted by Gasteiger charge is -2.11.